The Labute approximate surface area is 98.4 Å². The molecule has 0 saturated carbocycles. The van der Waals surface area contributed by atoms with E-state index < -0.39 is 6.61 Å². The Hall–Kier alpha value is -1.43. The van der Waals surface area contributed by atoms with Crippen molar-refractivity contribution in [2.75, 3.05) is 18.0 Å². The number of pyridine rings is 1. The van der Waals surface area contributed by atoms with Crippen LogP contribution < -0.4 is 15.4 Å². The molecule has 0 radical (unpaired) electrons. The number of halogens is 2. The summed E-state index contributed by atoms with van der Waals surface area (Å²) in [7, 11) is 0. The zero-order valence-electron chi connectivity index (χ0n) is 9.35. The van der Waals surface area contributed by atoms with Gasteiger partial charge in [-0.1, -0.05) is 0 Å². The van der Waals surface area contributed by atoms with E-state index in [9.17, 15) is 8.78 Å². The van der Waals surface area contributed by atoms with Crippen molar-refractivity contribution in [3.63, 3.8) is 0 Å². The molecule has 0 bridgehead atoms. The van der Waals surface area contributed by atoms with Gasteiger partial charge in [0.15, 0.2) is 0 Å². The minimum Gasteiger partial charge on any atom is -0.433 e. The molecule has 1 fully saturated rings. The van der Waals surface area contributed by atoms with Crippen LogP contribution in [0.25, 0.3) is 0 Å². The van der Waals surface area contributed by atoms with E-state index in [2.05, 4.69) is 14.6 Å². The highest BCUT2D eigenvalue weighted by atomic mass is 19.3. The molecule has 0 atom stereocenters. The molecular weight excluding hydrogens is 228 g/mol. The lowest BCUT2D eigenvalue weighted by atomic mass is 10.1. The standard InChI is InChI=1S/C11H15F2N3O/c12-11(13)17-10-5-9(6-15-7-10)16-3-1-8(14)2-4-16/h5-8,11H,1-4,14H2. The Kier molecular flexibility index (Phi) is 3.73. The number of hydrogen-bond acceptors (Lipinski definition) is 4. The normalized spacial score (nSPS) is 17.5. The highest BCUT2D eigenvalue weighted by Gasteiger charge is 2.17. The van der Waals surface area contributed by atoms with Crippen molar-refractivity contribution in [3.8, 4) is 5.75 Å². The first-order chi connectivity index (χ1) is 8.15. The van der Waals surface area contributed by atoms with Gasteiger partial charge in [-0.2, -0.15) is 8.78 Å². The van der Waals surface area contributed by atoms with E-state index in [4.69, 9.17) is 5.73 Å². The van der Waals surface area contributed by atoms with E-state index in [0.717, 1.165) is 31.6 Å². The van der Waals surface area contributed by atoms with Gasteiger partial charge in [-0.25, -0.2) is 0 Å². The van der Waals surface area contributed by atoms with Crippen molar-refractivity contribution in [2.24, 2.45) is 5.73 Å². The number of aromatic nitrogens is 1. The molecule has 1 aromatic rings. The molecule has 94 valence electrons. The number of alkyl halides is 2. The summed E-state index contributed by atoms with van der Waals surface area (Å²) in [6.07, 6.45) is 4.74. The predicted molar refractivity (Wildman–Crippen MR) is 60.3 cm³/mol. The topological polar surface area (TPSA) is 51.4 Å². The third kappa shape index (κ3) is 3.26. The third-order valence-electron chi connectivity index (χ3n) is 2.83. The molecule has 0 amide bonds. The van der Waals surface area contributed by atoms with Crippen LogP contribution in [-0.4, -0.2) is 30.7 Å². The molecule has 0 aliphatic carbocycles. The molecule has 1 saturated heterocycles. The van der Waals surface area contributed by atoms with E-state index in [-0.39, 0.29) is 11.8 Å². The number of nitrogens with two attached hydrogens (primary N) is 1. The molecule has 2 N–H and O–H groups in total. The fraction of sp³-hybridized carbons (Fsp3) is 0.545. The molecule has 2 heterocycles. The Morgan fingerprint density at radius 2 is 2.06 bits per heavy atom. The largest absolute Gasteiger partial charge is 0.433 e. The molecule has 0 spiro atoms. The van der Waals surface area contributed by atoms with Gasteiger partial charge in [0, 0.05) is 25.2 Å². The van der Waals surface area contributed by atoms with Gasteiger partial charge in [-0.3, -0.25) is 4.98 Å². The van der Waals surface area contributed by atoms with Crippen LogP contribution in [0.3, 0.4) is 0 Å². The summed E-state index contributed by atoms with van der Waals surface area (Å²) in [6, 6.07) is 1.82. The highest BCUT2D eigenvalue weighted by Crippen LogP contribution is 2.23. The lowest BCUT2D eigenvalue weighted by molar-refractivity contribution is -0.0500. The number of ether oxygens (including phenoxy) is 1. The fourth-order valence-corrected chi connectivity index (χ4v) is 1.91. The lowest BCUT2D eigenvalue weighted by Crippen LogP contribution is -2.39. The van der Waals surface area contributed by atoms with Crippen molar-refractivity contribution in [1.82, 2.24) is 4.98 Å². The summed E-state index contributed by atoms with van der Waals surface area (Å²) in [6.45, 7) is -1.18. The summed E-state index contributed by atoms with van der Waals surface area (Å²) in [5.74, 6) is 0.0902. The molecule has 0 unspecified atom stereocenters. The van der Waals surface area contributed by atoms with Crippen LogP contribution in [0.2, 0.25) is 0 Å². The second kappa shape index (κ2) is 5.27. The summed E-state index contributed by atoms with van der Waals surface area (Å²) in [5.41, 5.74) is 6.61. The first kappa shape index (κ1) is 12.0. The minimum absolute atomic E-state index is 0.0902. The molecule has 1 aromatic heterocycles. The molecular formula is C11H15F2N3O. The average molecular weight is 243 g/mol. The Morgan fingerprint density at radius 1 is 1.35 bits per heavy atom. The second-order valence-corrected chi connectivity index (χ2v) is 4.08. The van der Waals surface area contributed by atoms with Gasteiger partial charge in [0.05, 0.1) is 18.1 Å². The van der Waals surface area contributed by atoms with Gasteiger partial charge in [-0.05, 0) is 12.8 Å². The highest BCUT2D eigenvalue weighted by molar-refractivity contribution is 5.48. The fourth-order valence-electron chi connectivity index (χ4n) is 1.91. The van der Waals surface area contributed by atoms with Crippen LogP contribution in [0, 0.1) is 0 Å². The third-order valence-corrected chi connectivity index (χ3v) is 2.83. The van der Waals surface area contributed by atoms with Crippen LogP contribution in [0.5, 0.6) is 5.75 Å². The number of anilines is 1. The maximum atomic E-state index is 12.1. The Morgan fingerprint density at radius 3 is 2.71 bits per heavy atom. The van der Waals surface area contributed by atoms with Gasteiger partial charge in [0.25, 0.3) is 0 Å². The average Bonchev–Trinajstić information content (AvgIpc) is 2.29. The zero-order chi connectivity index (χ0) is 12.3. The minimum atomic E-state index is -2.82. The van der Waals surface area contributed by atoms with Crippen molar-refractivity contribution in [2.45, 2.75) is 25.5 Å². The number of hydrogen-bond donors (Lipinski definition) is 1. The molecule has 4 nitrogen and oxygen atoms in total. The molecule has 6 heteroatoms. The first-order valence-electron chi connectivity index (χ1n) is 5.55. The van der Waals surface area contributed by atoms with Gasteiger partial charge in [-0.15, -0.1) is 0 Å². The van der Waals surface area contributed by atoms with Crippen LogP contribution in [0.1, 0.15) is 12.8 Å². The maximum absolute atomic E-state index is 12.1. The molecule has 0 aromatic carbocycles. The van der Waals surface area contributed by atoms with Crippen LogP contribution >= 0.6 is 0 Å². The Bertz CT molecular complexity index is 367. The monoisotopic (exact) mass is 243 g/mol. The molecule has 1 aliphatic rings. The van der Waals surface area contributed by atoms with Gasteiger partial charge >= 0.3 is 6.61 Å². The quantitative estimate of drug-likeness (QED) is 0.876. The SMILES string of the molecule is NC1CCN(c2cncc(OC(F)F)c2)CC1. The van der Waals surface area contributed by atoms with Crippen LogP contribution in [0.15, 0.2) is 18.5 Å². The van der Waals surface area contributed by atoms with Gasteiger partial charge in [0.1, 0.15) is 5.75 Å². The predicted octanol–water partition coefficient (Wildman–Crippen LogP) is 1.61. The number of nitrogens with zero attached hydrogens (tertiary/aromatic N) is 2. The van der Waals surface area contributed by atoms with Crippen molar-refractivity contribution >= 4 is 5.69 Å². The van der Waals surface area contributed by atoms with Gasteiger partial charge < -0.3 is 15.4 Å². The Balaban J connectivity index is 2.05. The van der Waals surface area contributed by atoms with Crippen molar-refractivity contribution in [1.29, 1.82) is 0 Å². The van der Waals surface area contributed by atoms with E-state index in [1.807, 2.05) is 0 Å². The van der Waals surface area contributed by atoms with E-state index in [1.165, 1.54) is 6.20 Å². The van der Waals surface area contributed by atoms with E-state index in [0.29, 0.717) is 0 Å². The first-order valence-corrected chi connectivity index (χ1v) is 5.55. The smallest absolute Gasteiger partial charge is 0.387 e. The van der Waals surface area contributed by atoms with Crippen LogP contribution in [0.4, 0.5) is 14.5 Å². The maximum Gasteiger partial charge on any atom is 0.387 e. The van der Waals surface area contributed by atoms with Crippen molar-refractivity contribution in [3.05, 3.63) is 18.5 Å². The number of rotatable bonds is 3. The summed E-state index contributed by atoms with van der Waals surface area (Å²) in [5, 5.41) is 0. The number of piperidine rings is 1. The van der Waals surface area contributed by atoms with E-state index >= 15 is 0 Å². The van der Waals surface area contributed by atoms with Crippen molar-refractivity contribution < 1.29 is 13.5 Å². The summed E-state index contributed by atoms with van der Waals surface area (Å²) >= 11 is 0. The second-order valence-electron chi connectivity index (χ2n) is 4.08. The molecule has 2 rings (SSSR count). The summed E-state index contributed by atoms with van der Waals surface area (Å²) in [4.78, 5) is 5.98. The summed E-state index contributed by atoms with van der Waals surface area (Å²) < 4.78 is 28.5. The van der Waals surface area contributed by atoms with Crippen LogP contribution in [-0.2, 0) is 0 Å². The van der Waals surface area contributed by atoms with Gasteiger partial charge in [0.2, 0.25) is 0 Å². The lowest BCUT2D eigenvalue weighted by Gasteiger charge is -2.31. The molecule has 17 heavy (non-hydrogen) atoms. The van der Waals surface area contributed by atoms with E-state index in [1.54, 1.807) is 12.3 Å². The zero-order valence-corrected chi connectivity index (χ0v) is 9.35. The molecule has 1 aliphatic heterocycles.